The summed E-state index contributed by atoms with van der Waals surface area (Å²) in [5.41, 5.74) is -0.481. The molecule has 3 rings (SSSR count). The molecule has 1 N–H and O–H groups in total. The SMILES string of the molecule is CCOc1cc(C(=O)Nc2cccc(S(=O)(=O)N3CCCCCC3)c2)c([N+](=O)[O-])cc1OC. The maximum absolute atomic E-state index is 13.1. The monoisotopic (exact) mass is 477 g/mol. The number of benzene rings is 2. The summed E-state index contributed by atoms with van der Waals surface area (Å²) in [7, 11) is -2.37. The second-order valence-electron chi connectivity index (χ2n) is 7.51. The van der Waals surface area contributed by atoms with E-state index >= 15 is 0 Å². The smallest absolute Gasteiger partial charge is 0.286 e. The number of nitrogens with zero attached hydrogens (tertiary/aromatic N) is 2. The summed E-state index contributed by atoms with van der Waals surface area (Å²) >= 11 is 0. The zero-order valence-electron chi connectivity index (χ0n) is 18.6. The fourth-order valence-electron chi connectivity index (χ4n) is 3.67. The van der Waals surface area contributed by atoms with Crippen molar-refractivity contribution in [1.29, 1.82) is 0 Å². The van der Waals surface area contributed by atoms with E-state index in [4.69, 9.17) is 9.47 Å². The third-order valence-corrected chi connectivity index (χ3v) is 7.21. The van der Waals surface area contributed by atoms with Crippen LogP contribution in [0.15, 0.2) is 41.3 Å². The Morgan fingerprint density at radius 1 is 1.12 bits per heavy atom. The molecule has 0 aliphatic carbocycles. The van der Waals surface area contributed by atoms with Gasteiger partial charge in [0, 0.05) is 24.8 Å². The fourth-order valence-corrected chi connectivity index (χ4v) is 5.24. The van der Waals surface area contributed by atoms with Gasteiger partial charge in [0.1, 0.15) is 5.56 Å². The molecule has 1 saturated heterocycles. The summed E-state index contributed by atoms with van der Waals surface area (Å²) in [5.74, 6) is -0.450. The molecule has 1 amide bonds. The first kappa shape index (κ1) is 24.5. The summed E-state index contributed by atoms with van der Waals surface area (Å²) < 4.78 is 38.2. The van der Waals surface area contributed by atoms with Gasteiger partial charge in [-0.2, -0.15) is 4.31 Å². The van der Waals surface area contributed by atoms with Gasteiger partial charge in [-0.05, 0) is 38.0 Å². The molecule has 2 aromatic rings. The van der Waals surface area contributed by atoms with Gasteiger partial charge in [0.25, 0.3) is 11.6 Å². The Morgan fingerprint density at radius 3 is 2.42 bits per heavy atom. The third-order valence-electron chi connectivity index (χ3n) is 5.32. The maximum atomic E-state index is 13.1. The molecule has 0 bridgehead atoms. The fraction of sp³-hybridized carbons (Fsp3) is 0.409. The number of nitrogens with one attached hydrogen (secondary N) is 1. The zero-order valence-corrected chi connectivity index (χ0v) is 19.4. The molecule has 11 heteroatoms. The van der Waals surface area contributed by atoms with Crippen molar-refractivity contribution >= 4 is 27.3 Å². The predicted octanol–water partition coefficient (Wildman–Crippen LogP) is 3.82. The number of nitro benzene ring substituents is 1. The Labute approximate surface area is 192 Å². The molecule has 0 radical (unpaired) electrons. The van der Waals surface area contributed by atoms with Gasteiger partial charge >= 0.3 is 0 Å². The molecule has 0 aromatic heterocycles. The number of sulfonamides is 1. The average Bonchev–Trinajstić information content (AvgIpc) is 3.09. The lowest BCUT2D eigenvalue weighted by molar-refractivity contribution is -0.385. The molecule has 0 saturated carbocycles. The minimum Gasteiger partial charge on any atom is -0.493 e. The molecule has 1 fully saturated rings. The van der Waals surface area contributed by atoms with E-state index in [-0.39, 0.29) is 34.3 Å². The number of amides is 1. The molecule has 178 valence electrons. The van der Waals surface area contributed by atoms with Gasteiger partial charge in [-0.3, -0.25) is 14.9 Å². The first-order valence-corrected chi connectivity index (χ1v) is 12.1. The highest BCUT2D eigenvalue weighted by molar-refractivity contribution is 7.89. The van der Waals surface area contributed by atoms with Gasteiger partial charge in [0.15, 0.2) is 11.5 Å². The summed E-state index contributed by atoms with van der Waals surface area (Å²) in [6.45, 7) is 2.91. The minimum absolute atomic E-state index is 0.0569. The molecule has 0 unspecified atom stereocenters. The lowest BCUT2D eigenvalue weighted by Gasteiger charge is -2.20. The number of rotatable bonds is 8. The van der Waals surface area contributed by atoms with Crippen molar-refractivity contribution < 1.29 is 27.6 Å². The highest BCUT2D eigenvalue weighted by atomic mass is 32.2. The van der Waals surface area contributed by atoms with Crippen molar-refractivity contribution in [2.75, 3.05) is 32.1 Å². The molecule has 10 nitrogen and oxygen atoms in total. The molecule has 1 aliphatic rings. The van der Waals surface area contributed by atoms with Crippen LogP contribution in [0.25, 0.3) is 0 Å². The summed E-state index contributed by atoms with van der Waals surface area (Å²) in [4.78, 5) is 23.9. The van der Waals surface area contributed by atoms with Crippen LogP contribution in [-0.2, 0) is 10.0 Å². The van der Waals surface area contributed by atoms with Gasteiger partial charge in [0.2, 0.25) is 10.0 Å². The molecule has 0 atom stereocenters. The average molecular weight is 478 g/mol. The third kappa shape index (κ3) is 5.60. The Balaban J connectivity index is 1.91. The van der Waals surface area contributed by atoms with Crippen molar-refractivity contribution in [1.82, 2.24) is 4.31 Å². The van der Waals surface area contributed by atoms with E-state index in [0.717, 1.165) is 31.7 Å². The van der Waals surface area contributed by atoms with Crippen molar-refractivity contribution in [3.8, 4) is 11.5 Å². The number of ether oxygens (including phenoxy) is 2. The largest absolute Gasteiger partial charge is 0.493 e. The van der Waals surface area contributed by atoms with Crippen molar-refractivity contribution in [3.05, 3.63) is 52.1 Å². The quantitative estimate of drug-likeness (QED) is 0.452. The number of anilines is 1. The molecule has 33 heavy (non-hydrogen) atoms. The summed E-state index contributed by atoms with van der Waals surface area (Å²) in [6, 6.07) is 8.25. The number of hydrogen-bond donors (Lipinski definition) is 1. The van der Waals surface area contributed by atoms with Crippen LogP contribution in [0.1, 0.15) is 43.0 Å². The summed E-state index contributed by atoms with van der Waals surface area (Å²) in [5, 5.41) is 14.1. The molecular formula is C22H27N3O7S. The van der Waals surface area contributed by atoms with Crippen LogP contribution >= 0.6 is 0 Å². The molecule has 2 aromatic carbocycles. The van der Waals surface area contributed by atoms with Crippen LogP contribution in [0.5, 0.6) is 11.5 Å². The highest BCUT2D eigenvalue weighted by Crippen LogP contribution is 2.35. The van der Waals surface area contributed by atoms with Gasteiger partial charge in [0.05, 0.1) is 29.6 Å². The Morgan fingerprint density at radius 2 is 1.82 bits per heavy atom. The maximum Gasteiger partial charge on any atom is 0.286 e. The first-order chi connectivity index (χ1) is 15.8. The first-order valence-electron chi connectivity index (χ1n) is 10.7. The van der Waals surface area contributed by atoms with Crippen molar-refractivity contribution in [2.45, 2.75) is 37.5 Å². The lowest BCUT2D eigenvalue weighted by Crippen LogP contribution is -2.32. The van der Waals surface area contributed by atoms with E-state index in [9.17, 15) is 23.3 Å². The van der Waals surface area contributed by atoms with Gasteiger partial charge < -0.3 is 14.8 Å². The van der Waals surface area contributed by atoms with Crippen LogP contribution < -0.4 is 14.8 Å². The Kier molecular flexibility index (Phi) is 7.88. The normalized spacial score (nSPS) is 14.8. The number of hydrogen-bond acceptors (Lipinski definition) is 7. The topological polar surface area (TPSA) is 128 Å². The van der Waals surface area contributed by atoms with Crippen LogP contribution in [0.3, 0.4) is 0 Å². The number of carbonyl (C=O) groups excluding carboxylic acids is 1. The number of nitro groups is 1. The van der Waals surface area contributed by atoms with Gasteiger partial charge in [-0.1, -0.05) is 18.9 Å². The molecule has 0 spiro atoms. The number of methoxy groups -OCH3 is 1. The Bertz CT molecular complexity index is 1130. The molecule has 1 heterocycles. The van der Waals surface area contributed by atoms with Crippen LogP contribution in [0.4, 0.5) is 11.4 Å². The van der Waals surface area contributed by atoms with Crippen molar-refractivity contribution in [2.24, 2.45) is 0 Å². The Hall–Kier alpha value is -3.18. The molecular weight excluding hydrogens is 450 g/mol. The molecule has 1 aliphatic heterocycles. The zero-order chi connectivity index (χ0) is 24.0. The highest BCUT2D eigenvalue weighted by Gasteiger charge is 2.27. The standard InChI is InChI=1S/C22H27N3O7S/c1-3-32-21-14-18(19(25(27)28)15-20(21)31-2)22(26)23-16-9-8-10-17(13-16)33(29,30)24-11-6-4-5-7-12-24/h8-10,13-15H,3-7,11-12H2,1-2H3,(H,23,26). The second kappa shape index (κ2) is 10.6. The van der Waals surface area contributed by atoms with E-state index in [1.54, 1.807) is 6.92 Å². The van der Waals surface area contributed by atoms with E-state index in [0.29, 0.717) is 13.1 Å². The van der Waals surface area contributed by atoms with E-state index in [1.807, 2.05) is 0 Å². The van der Waals surface area contributed by atoms with Gasteiger partial charge in [-0.25, -0.2) is 8.42 Å². The van der Waals surface area contributed by atoms with E-state index in [1.165, 1.54) is 41.7 Å². The minimum atomic E-state index is -3.72. The summed E-state index contributed by atoms with van der Waals surface area (Å²) in [6.07, 6.45) is 3.59. The van der Waals surface area contributed by atoms with E-state index in [2.05, 4.69) is 5.32 Å². The van der Waals surface area contributed by atoms with Crippen LogP contribution in [0.2, 0.25) is 0 Å². The van der Waals surface area contributed by atoms with E-state index < -0.39 is 26.5 Å². The van der Waals surface area contributed by atoms with Crippen LogP contribution in [0, 0.1) is 10.1 Å². The lowest BCUT2D eigenvalue weighted by atomic mass is 10.1. The predicted molar refractivity (Wildman–Crippen MR) is 122 cm³/mol. The second-order valence-corrected chi connectivity index (χ2v) is 9.45. The van der Waals surface area contributed by atoms with Gasteiger partial charge in [-0.15, -0.1) is 0 Å². The number of carbonyl (C=O) groups is 1. The van der Waals surface area contributed by atoms with Crippen LogP contribution in [-0.4, -0.2) is 50.4 Å². The van der Waals surface area contributed by atoms with Crippen molar-refractivity contribution in [3.63, 3.8) is 0 Å².